The Bertz CT molecular complexity index is 388. The van der Waals surface area contributed by atoms with Crippen LogP contribution in [0.1, 0.15) is 24.8 Å². The highest BCUT2D eigenvalue weighted by Crippen LogP contribution is 2.18. The van der Waals surface area contributed by atoms with Crippen LogP contribution in [-0.4, -0.2) is 39.8 Å². The van der Waals surface area contributed by atoms with E-state index in [2.05, 4.69) is 5.16 Å². The Morgan fingerprint density at radius 1 is 1.75 bits per heavy atom. The molecule has 0 aromatic carbocycles. The average Bonchev–Trinajstić information content (AvgIpc) is 2.73. The number of carbonyl (C=O) groups excluding carboxylic acids is 1. The highest BCUT2D eigenvalue weighted by atomic mass is 16.5. The molecule has 0 spiro atoms. The minimum atomic E-state index is -0.393. The zero-order valence-corrected chi connectivity index (χ0v) is 9.51. The second kappa shape index (κ2) is 4.25. The molecule has 1 unspecified atom stereocenters. The van der Waals surface area contributed by atoms with Crippen molar-refractivity contribution in [3.05, 3.63) is 17.5 Å². The van der Waals surface area contributed by atoms with Gasteiger partial charge in [-0.15, -0.1) is 0 Å². The minimum Gasteiger partial charge on any atom is -0.391 e. The number of aromatic nitrogens is 1. The molecule has 1 N–H and O–H groups in total. The van der Waals surface area contributed by atoms with E-state index in [0.717, 1.165) is 5.69 Å². The molecule has 1 aromatic rings. The largest absolute Gasteiger partial charge is 0.391 e. The number of nitrogens with zero attached hydrogens (tertiary/aromatic N) is 2. The first-order chi connectivity index (χ1) is 7.56. The molecule has 0 saturated carbocycles. The van der Waals surface area contributed by atoms with Crippen LogP contribution >= 0.6 is 0 Å². The SMILES string of the molecule is Cc1cc(CC(=O)N2C[C@H](O)CC2C)on1. The number of hydrogen-bond donors (Lipinski definition) is 1. The zero-order valence-electron chi connectivity index (χ0n) is 9.51. The molecule has 5 heteroatoms. The van der Waals surface area contributed by atoms with E-state index in [0.29, 0.717) is 18.7 Å². The third kappa shape index (κ3) is 2.24. The second-order valence-corrected chi connectivity index (χ2v) is 4.40. The standard InChI is InChI=1S/C11H16N2O3/c1-7-3-10(16-12-7)5-11(15)13-6-9(14)4-8(13)2/h3,8-9,14H,4-6H2,1-2H3/t8?,9-/m1/s1. The van der Waals surface area contributed by atoms with Gasteiger partial charge < -0.3 is 14.5 Å². The van der Waals surface area contributed by atoms with Crippen molar-refractivity contribution >= 4 is 5.91 Å². The van der Waals surface area contributed by atoms with Gasteiger partial charge in [0, 0.05) is 18.7 Å². The lowest BCUT2D eigenvalue weighted by Crippen LogP contribution is -2.35. The van der Waals surface area contributed by atoms with Gasteiger partial charge in [-0.25, -0.2) is 0 Å². The molecule has 1 fully saturated rings. The van der Waals surface area contributed by atoms with Crippen molar-refractivity contribution in [2.45, 2.75) is 38.8 Å². The smallest absolute Gasteiger partial charge is 0.230 e. The molecular formula is C11H16N2O3. The van der Waals surface area contributed by atoms with Gasteiger partial charge >= 0.3 is 0 Å². The highest BCUT2D eigenvalue weighted by Gasteiger charge is 2.31. The lowest BCUT2D eigenvalue weighted by atomic mass is 10.2. The van der Waals surface area contributed by atoms with E-state index in [4.69, 9.17) is 4.52 Å². The normalized spacial score (nSPS) is 25.1. The molecule has 5 nitrogen and oxygen atoms in total. The van der Waals surface area contributed by atoms with Gasteiger partial charge in [0.2, 0.25) is 5.91 Å². The fourth-order valence-electron chi connectivity index (χ4n) is 2.10. The van der Waals surface area contributed by atoms with Crippen LogP contribution in [0, 0.1) is 6.92 Å². The number of likely N-dealkylation sites (tertiary alicyclic amines) is 1. The molecule has 2 atom stereocenters. The number of rotatable bonds is 2. The predicted octanol–water partition coefficient (Wildman–Crippen LogP) is 0.507. The average molecular weight is 224 g/mol. The molecule has 1 aromatic heterocycles. The Hall–Kier alpha value is -1.36. The molecule has 1 saturated heterocycles. The summed E-state index contributed by atoms with van der Waals surface area (Å²) in [6, 6.07) is 1.86. The summed E-state index contributed by atoms with van der Waals surface area (Å²) in [5, 5.41) is 13.2. The van der Waals surface area contributed by atoms with Gasteiger partial charge in [-0.05, 0) is 20.3 Å². The van der Waals surface area contributed by atoms with Crippen molar-refractivity contribution < 1.29 is 14.4 Å². The first kappa shape index (κ1) is 11.1. The maximum Gasteiger partial charge on any atom is 0.230 e. The van der Waals surface area contributed by atoms with Crippen molar-refractivity contribution in [1.82, 2.24) is 10.1 Å². The topological polar surface area (TPSA) is 66.6 Å². The van der Waals surface area contributed by atoms with Crippen molar-refractivity contribution in [2.24, 2.45) is 0 Å². The van der Waals surface area contributed by atoms with E-state index in [1.54, 1.807) is 11.0 Å². The van der Waals surface area contributed by atoms with Gasteiger partial charge in [-0.3, -0.25) is 4.79 Å². The van der Waals surface area contributed by atoms with E-state index in [1.807, 2.05) is 13.8 Å². The van der Waals surface area contributed by atoms with Crippen LogP contribution in [0.5, 0.6) is 0 Å². The molecule has 88 valence electrons. The number of aliphatic hydroxyl groups excluding tert-OH is 1. The Labute approximate surface area is 94.0 Å². The summed E-state index contributed by atoms with van der Waals surface area (Å²) in [7, 11) is 0. The van der Waals surface area contributed by atoms with Crippen LogP contribution in [0.4, 0.5) is 0 Å². The van der Waals surface area contributed by atoms with E-state index in [-0.39, 0.29) is 18.4 Å². The summed E-state index contributed by atoms with van der Waals surface area (Å²) in [5.41, 5.74) is 0.775. The lowest BCUT2D eigenvalue weighted by molar-refractivity contribution is -0.131. The number of aliphatic hydroxyl groups is 1. The van der Waals surface area contributed by atoms with Crippen molar-refractivity contribution in [3.8, 4) is 0 Å². The Morgan fingerprint density at radius 2 is 2.50 bits per heavy atom. The predicted molar refractivity (Wildman–Crippen MR) is 56.7 cm³/mol. The summed E-state index contributed by atoms with van der Waals surface area (Å²) in [6.07, 6.45) is 0.481. The summed E-state index contributed by atoms with van der Waals surface area (Å²) in [5.74, 6) is 0.566. The summed E-state index contributed by atoms with van der Waals surface area (Å²) in [4.78, 5) is 13.6. The number of β-amino-alcohol motifs (C(OH)–C–C–N with tert-alkyl or cyclic N) is 1. The number of amides is 1. The molecule has 1 aliphatic heterocycles. The minimum absolute atomic E-state index is 0.0137. The van der Waals surface area contributed by atoms with Crippen LogP contribution in [0.2, 0.25) is 0 Å². The molecular weight excluding hydrogens is 208 g/mol. The molecule has 2 heterocycles. The van der Waals surface area contributed by atoms with Gasteiger partial charge in [0.25, 0.3) is 0 Å². The first-order valence-corrected chi connectivity index (χ1v) is 5.46. The Kier molecular flexibility index (Phi) is 2.96. The second-order valence-electron chi connectivity index (χ2n) is 4.40. The molecule has 0 aliphatic carbocycles. The fourth-order valence-corrected chi connectivity index (χ4v) is 2.10. The summed E-state index contributed by atoms with van der Waals surface area (Å²) >= 11 is 0. The third-order valence-corrected chi connectivity index (χ3v) is 2.88. The van der Waals surface area contributed by atoms with Gasteiger partial charge in [0.05, 0.1) is 18.2 Å². The van der Waals surface area contributed by atoms with Gasteiger partial charge in [-0.2, -0.15) is 0 Å². The summed E-state index contributed by atoms with van der Waals surface area (Å²) in [6.45, 7) is 4.19. The number of hydrogen-bond acceptors (Lipinski definition) is 4. The van der Waals surface area contributed by atoms with Gasteiger partial charge in [0.15, 0.2) is 0 Å². The van der Waals surface area contributed by atoms with Crippen LogP contribution in [0.15, 0.2) is 10.6 Å². The van der Waals surface area contributed by atoms with E-state index in [1.165, 1.54) is 0 Å². The quantitative estimate of drug-likeness (QED) is 0.794. The maximum absolute atomic E-state index is 11.9. The maximum atomic E-state index is 11.9. The van der Waals surface area contributed by atoms with Gasteiger partial charge in [-0.1, -0.05) is 5.16 Å². The van der Waals surface area contributed by atoms with Crippen LogP contribution < -0.4 is 0 Å². The van der Waals surface area contributed by atoms with E-state index in [9.17, 15) is 9.90 Å². The van der Waals surface area contributed by atoms with Crippen LogP contribution in [0.25, 0.3) is 0 Å². The molecule has 1 aliphatic rings. The lowest BCUT2D eigenvalue weighted by Gasteiger charge is -2.20. The van der Waals surface area contributed by atoms with E-state index < -0.39 is 6.10 Å². The van der Waals surface area contributed by atoms with Crippen molar-refractivity contribution in [3.63, 3.8) is 0 Å². The van der Waals surface area contributed by atoms with Crippen LogP contribution in [-0.2, 0) is 11.2 Å². The monoisotopic (exact) mass is 224 g/mol. The van der Waals surface area contributed by atoms with Crippen molar-refractivity contribution in [2.75, 3.05) is 6.54 Å². The highest BCUT2D eigenvalue weighted by molar-refractivity contribution is 5.78. The molecule has 16 heavy (non-hydrogen) atoms. The van der Waals surface area contributed by atoms with E-state index >= 15 is 0 Å². The Balaban J connectivity index is 1.98. The van der Waals surface area contributed by atoms with Crippen molar-refractivity contribution in [1.29, 1.82) is 0 Å². The first-order valence-electron chi connectivity index (χ1n) is 5.46. The van der Waals surface area contributed by atoms with Crippen LogP contribution in [0.3, 0.4) is 0 Å². The third-order valence-electron chi connectivity index (χ3n) is 2.88. The zero-order chi connectivity index (χ0) is 11.7. The molecule has 0 bridgehead atoms. The Morgan fingerprint density at radius 3 is 3.00 bits per heavy atom. The molecule has 2 rings (SSSR count). The van der Waals surface area contributed by atoms with Gasteiger partial charge in [0.1, 0.15) is 5.76 Å². The molecule has 0 radical (unpaired) electrons. The molecule has 1 amide bonds. The number of carbonyl (C=O) groups is 1. The number of aryl methyl sites for hydroxylation is 1. The fraction of sp³-hybridized carbons (Fsp3) is 0.636. The summed E-state index contributed by atoms with van der Waals surface area (Å²) < 4.78 is 5.00.